The van der Waals surface area contributed by atoms with Gasteiger partial charge in [0.1, 0.15) is 5.82 Å². The molecule has 3 nitrogen and oxygen atoms in total. The van der Waals surface area contributed by atoms with Crippen LogP contribution in [0.15, 0.2) is 51.8 Å². The average Bonchev–Trinajstić information content (AvgIpc) is 2.43. The second-order valence-corrected chi connectivity index (χ2v) is 6.37. The summed E-state index contributed by atoms with van der Waals surface area (Å²) in [5.74, 6) is -1.15. The van der Waals surface area contributed by atoms with Crippen LogP contribution in [0.4, 0.5) is 4.39 Å². The third kappa shape index (κ3) is 3.52. The van der Waals surface area contributed by atoms with Crippen LogP contribution < -0.4 is 0 Å². The van der Waals surface area contributed by atoms with Crippen molar-refractivity contribution in [2.45, 2.75) is 10.6 Å². The van der Waals surface area contributed by atoms with Crippen molar-refractivity contribution in [2.75, 3.05) is 0 Å². The van der Waals surface area contributed by atoms with E-state index in [9.17, 15) is 13.4 Å². The first-order valence-electron chi connectivity index (χ1n) is 5.63. The van der Waals surface area contributed by atoms with Crippen molar-refractivity contribution in [3.8, 4) is 0 Å². The lowest BCUT2D eigenvalue weighted by atomic mass is 10.2. The van der Waals surface area contributed by atoms with Gasteiger partial charge in [0, 0.05) is 4.90 Å². The van der Waals surface area contributed by atoms with Crippen molar-refractivity contribution in [2.24, 2.45) is 0 Å². The highest BCUT2D eigenvalue weighted by atomic mass is 79.9. The fourth-order valence-electron chi connectivity index (χ4n) is 1.61. The van der Waals surface area contributed by atoms with E-state index < -0.39 is 16.8 Å². The van der Waals surface area contributed by atoms with E-state index >= 15 is 0 Å². The minimum absolute atomic E-state index is 0.148. The van der Waals surface area contributed by atoms with Crippen LogP contribution in [0.1, 0.15) is 15.9 Å². The van der Waals surface area contributed by atoms with E-state index in [0.717, 1.165) is 5.56 Å². The molecule has 0 spiro atoms. The maximum atomic E-state index is 13.1. The SMILES string of the molecule is O=C(O)c1ccc(S(=O)Cc2ccc(F)c(Br)c2)cc1. The topological polar surface area (TPSA) is 54.4 Å². The first kappa shape index (κ1) is 14.9. The second-order valence-electron chi connectivity index (χ2n) is 4.07. The fraction of sp³-hybridized carbons (Fsp3) is 0.0714. The van der Waals surface area contributed by atoms with Gasteiger partial charge in [-0.1, -0.05) is 6.07 Å². The Morgan fingerprint density at radius 1 is 1.20 bits per heavy atom. The van der Waals surface area contributed by atoms with Gasteiger partial charge in [0.25, 0.3) is 0 Å². The summed E-state index contributed by atoms with van der Waals surface area (Å²) in [5, 5.41) is 8.79. The summed E-state index contributed by atoms with van der Waals surface area (Å²) in [5.41, 5.74) is 0.884. The molecule has 0 aliphatic rings. The Balaban J connectivity index is 2.15. The minimum atomic E-state index is -1.31. The maximum Gasteiger partial charge on any atom is 0.335 e. The Labute approximate surface area is 126 Å². The first-order valence-corrected chi connectivity index (χ1v) is 7.74. The van der Waals surface area contributed by atoms with Crippen LogP contribution in [0.2, 0.25) is 0 Å². The second kappa shape index (κ2) is 6.28. The third-order valence-electron chi connectivity index (χ3n) is 2.65. The Morgan fingerprint density at radius 2 is 1.85 bits per heavy atom. The van der Waals surface area contributed by atoms with Gasteiger partial charge in [0.15, 0.2) is 0 Å². The van der Waals surface area contributed by atoms with E-state index in [2.05, 4.69) is 15.9 Å². The molecule has 2 aromatic carbocycles. The Kier molecular flexibility index (Phi) is 4.67. The van der Waals surface area contributed by atoms with E-state index in [0.29, 0.717) is 9.37 Å². The maximum absolute atomic E-state index is 13.1. The number of carbonyl (C=O) groups is 1. The molecule has 0 fully saturated rings. The number of carboxylic acids is 1. The molecule has 0 heterocycles. The van der Waals surface area contributed by atoms with E-state index in [-0.39, 0.29) is 17.1 Å². The summed E-state index contributed by atoms with van der Waals surface area (Å²) in [7, 11) is -1.31. The molecule has 1 N–H and O–H groups in total. The van der Waals surface area contributed by atoms with Crippen LogP contribution in [0.25, 0.3) is 0 Å². The highest BCUT2D eigenvalue weighted by Gasteiger charge is 2.09. The monoisotopic (exact) mass is 356 g/mol. The zero-order chi connectivity index (χ0) is 14.7. The molecule has 1 unspecified atom stereocenters. The van der Waals surface area contributed by atoms with Crippen LogP contribution >= 0.6 is 15.9 Å². The molecule has 0 saturated heterocycles. The number of carboxylic acid groups (broad SMARTS) is 1. The number of aromatic carboxylic acids is 1. The molecule has 2 aromatic rings. The molecule has 1 atom stereocenters. The van der Waals surface area contributed by atoms with Gasteiger partial charge in [-0.3, -0.25) is 4.21 Å². The van der Waals surface area contributed by atoms with Gasteiger partial charge in [-0.25, -0.2) is 9.18 Å². The van der Waals surface area contributed by atoms with Gasteiger partial charge in [0.2, 0.25) is 0 Å². The van der Waals surface area contributed by atoms with Gasteiger partial charge >= 0.3 is 5.97 Å². The smallest absolute Gasteiger partial charge is 0.335 e. The van der Waals surface area contributed by atoms with Gasteiger partial charge in [-0.05, 0) is 57.9 Å². The lowest BCUT2D eigenvalue weighted by Gasteiger charge is -2.04. The van der Waals surface area contributed by atoms with E-state index in [1.165, 1.54) is 30.3 Å². The molecule has 0 aromatic heterocycles. The highest BCUT2D eigenvalue weighted by molar-refractivity contribution is 9.10. The minimum Gasteiger partial charge on any atom is -0.478 e. The molecular formula is C14H10BrFO3S. The molecule has 0 amide bonds. The molecule has 0 aliphatic carbocycles. The average molecular weight is 357 g/mol. The van der Waals surface area contributed by atoms with E-state index in [1.54, 1.807) is 12.1 Å². The largest absolute Gasteiger partial charge is 0.478 e. The Bertz CT molecular complexity index is 671. The molecule has 0 radical (unpaired) electrons. The molecule has 0 saturated carbocycles. The number of rotatable bonds is 4. The zero-order valence-electron chi connectivity index (χ0n) is 10.2. The Hall–Kier alpha value is -1.53. The van der Waals surface area contributed by atoms with Gasteiger partial charge in [-0.15, -0.1) is 0 Å². The van der Waals surface area contributed by atoms with Crippen molar-refractivity contribution in [1.82, 2.24) is 0 Å². The van der Waals surface area contributed by atoms with Gasteiger partial charge in [-0.2, -0.15) is 0 Å². The zero-order valence-corrected chi connectivity index (χ0v) is 12.6. The number of benzene rings is 2. The summed E-state index contributed by atoms with van der Waals surface area (Å²) in [6.07, 6.45) is 0. The number of hydrogen-bond donors (Lipinski definition) is 1. The van der Waals surface area contributed by atoms with Gasteiger partial charge in [0.05, 0.1) is 26.6 Å². The summed E-state index contributed by atoms with van der Waals surface area (Å²) in [4.78, 5) is 11.3. The molecule has 20 heavy (non-hydrogen) atoms. The predicted octanol–water partition coefficient (Wildman–Crippen LogP) is 3.59. The third-order valence-corrected chi connectivity index (χ3v) is 4.65. The van der Waals surface area contributed by atoms with Crippen LogP contribution in [-0.4, -0.2) is 15.3 Å². The quantitative estimate of drug-likeness (QED) is 0.910. The first-order chi connectivity index (χ1) is 9.47. The van der Waals surface area contributed by atoms with Crippen molar-refractivity contribution in [3.63, 3.8) is 0 Å². The summed E-state index contributed by atoms with van der Waals surface area (Å²) in [6.45, 7) is 0. The van der Waals surface area contributed by atoms with Crippen LogP contribution in [0.3, 0.4) is 0 Å². The van der Waals surface area contributed by atoms with Crippen molar-refractivity contribution < 1.29 is 18.5 Å². The fourth-order valence-corrected chi connectivity index (χ4v) is 3.13. The highest BCUT2D eigenvalue weighted by Crippen LogP contribution is 2.19. The molecular weight excluding hydrogens is 347 g/mol. The molecule has 104 valence electrons. The standard InChI is InChI=1S/C14H10BrFO3S/c15-12-7-9(1-6-13(12)16)8-20(19)11-4-2-10(3-5-11)14(17)18/h1-7H,8H2,(H,17,18). The van der Waals surface area contributed by atoms with E-state index in [1.807, 2.05) is 0 Å². The molecule has 0 bridgehead atoms. The van der Waals surface area contributed by atoms with Crippen LogP contribution in [0.5, 0.6) is 0 Å². The predicted molar refractivity (Wildman–Crippen MR) is 77.6 cm³/mol. The van der Waals surface area contributed by atoms with Gasteiger partial charge < -0.3 is 5.11 Å². The normalized spacial score (nSPS) is 12.1. The lowest BCUT2D eigenvalue weighted by molar-refractivity contribution is 0.0697. The van der Waals surface area contributed by atoms with Crippen molar-refractivity contribution in [1.29, 1.82) is 0 Å². The summed E-state index contributed by atoms with van der Waals surface area (Å²) < 4.78 is 25.6. The molecule has 6 heteroatoms. The van der Waals surface area contributed by atoms with E-state index in [4.69, 9.17) is 5.11 Å². The van der Waals surface area contributed by atoms with Crippen molar-refractivity contribution in [3.05, 3.63) is 63.9 Å². The lowest BCUT2D eigenvalue weighted by Crippen LogP contribution is -1.99. The summed E-state index contributed by atoms with van der Waals surface area (Å²) in [6, 6.07) is 10.3. The molecule has 0 aliphatic heterocycles. The van der Waals surface area contributed by atoms with Crippen LogP contribution in [0, 0.1) is 5.82 Å². The number of halogens is 2. The Morgan fingerprint density at radius 3 is 2.40 bits per heavy atom. The number of hydrogen-bond acceptors (Lipinski definition) is 2. The van der Waals surface area contributed by atoms with Crippen molar-refractivity contribution >= 4 is 32.7 Å². The molecule has 2 rings (SSSR count). The summed E-state index contributed by atoms with van der Waals surface area (Å²) >= 11 is 3.08. The van der Waals surface area contributed by atoms with Crippen LogP contribution in [-0.2, 0) is 16.6 Å².